The summed E-state index contributed by atoms with van der Waals surface area (Å²) in [5, 5.41) is 2.98. The van der Waals surface area contributed by atoms with Crippen molar-refractivity contribution < 1.29 is 18.5 Å². The molecule has 2 aliphatic rings. The van der Waals surface area contributed by atoms with E-state index in [0.717, 1.165) is 16.6 Å². The summed E-state index contributed by atoms with van der Waals surface area (Å²) in [4.78, 5) is 24.5. The first-order chi connectivity index (χ1) is 11.4. The second-order valence-corrected chi connectivity index (χ2v) is 15.2. The summed E-state index contributed by atoms with van der Waals surface area (Å²) < 4.78 is 7.28. The highest BCUT2D eigenvalue weighted by Gasteiger charge is 2.51. The Kier molecular flexibility index (Phi) is 6.21. The molecule has 3 atom stereocenters. The first-order valence-corrected chi connectivity index (χ1v) is 13.2. The van der Waals surface area contributed by atoms with Crippen molar-refractivity contribution in [2.45, 2.75) is 58.3 Å². The molecule has 2 rings (SSSR count). The third-order valence-electron chi connectivity index (χ3n) is 5.96. The molecule has 0 aromatic carbocycles. The molecule has 0 spiro atoms. The molecule has 2 aliphatic heterocycles. The van der Waals surface area contributed by atoms with Gasteiger partial charge in [0, 0.05) is 6.42 Å². The lowest BCUT2D eigenvalue weighted by molar-refractivity contribution is -0.754. The highest BCUT2D eigenvalue weighted by molar-refractivity contribution is 8.22. The highest BCUT2D eigenvalue weighted by Crippen LogP contribution is 2.37. The lowest BCUT2D eigenvalue weighted by Gasteiger charge is -2.39. The number of nitrogens with zero attached hydrogens (tertiary/aromatic N) is 1. The minimum Gasteiger partial charge on any atom is -0.411 e. The van der Waals surface area contributed by atoms with Crippen LogP contribution in [0.1, 0.15) is 34.1 Å². The van der Waals surface area contributed by atoms with Crippen molar-refractivity contribution >= 4 is 48.4 Å². The second kappa shape index (κ2) is 7.38. The van der Waals surface area contributed by atoms with Crippen LogP contribution < -0.4 is 5.32 Å². The van der Waals surface area contributed by atoms with E-state index in [0.29, 0.717) is 19.6 Å². The summed E-state index contributed by atoms with van der Waals surface area (Å²) in [5.74, 6) is 0.797. The molecule has 25 heavy (non-hydrogen) atoms. The molecule has 1 N–H and O–H groups in total. The van der Waals surface area contributed by atoms with Crippen molar-refractivity contribution in [3.63, 3.8) is 0 Å². The molecule has 2 fully saturated rings. The number of carbonyl (C=O) groups is 2. The van der Waals surface area contributed by atoms with Gasteiger partial charge in [0.25, 0.3) is 0 Å². The molecular weight excluding hydrogens is 372 g/mol. The fraction of sp³-hybridized carbons (Fsp3) is 0.824. The number of nitrogens with one attached hydrogen (secondary N) is 1. The Hall–Kier alpha value is -0.283. The third-order valence-corrected chi connectivity index (χ3v) is 12.2. The molecule has 8 heteroatoms. The van der Waals surface area contributed by atoms with Gasteiger partial charge in [0.1, 0.15) is 13.1 Å². The van der Waals surface area contributed by atoms with E-state index >= 15 is 0 Å². The molecule has 5 nitrogen and oxygen atoms in total. The van der Waals surface area contributed by atoms with Gasteiger partial charge in [-0.05, 0) is 49.0 Å². The maximum atomic E-state index is 13.2. The van der Waals surface area contributed by atoms with Gasteiger partial charge in [0.2, 0.25) is 10.2 Å². The normalized spacial score (nSPS) is 28.5. The zero-order valence-electron chi connectivity index (χ0n) is 16.2. The quantitative estimate of drug-likeness (QED) is 0.320. The molecule has 2 saturated heterocycles. The van der Waals surface area contributed by atoms with Crippen LogP contribution in [0.15, 0.2) is 0 Å². The van der Waals surface area contributed by atoms with Crippen molar-refractivity contribution in [3.05, 3.63) is 0 Å². The molecule has 0 unspecified atom stereocenters. The molecule has 0 bridgehead atoms. The zero-order valence-corrected chi connectivity index (χ0v) is 18.8. The van der Waals surface area contributed by atoms with Crippen LogP contribution in [0.25, 0.3) is 0 Å². The Bertz CT molecular complexity index is 569. The van der Waals surface area contributed by atoms with Crippen LogP contribution in [0, 0.1) is 5.92 Å². The maximum Gasteiger partial charge on any atom is 0.324 e. The van der Waals surface area contributed by atoms with E-state index in [4.69, 9.17) is 16.6 Å². The monoisotopic (exact) mass is 403 g/mol. The summed E-state index contributed by atoms with van der Waals surface area (Å²) in [7, 11) is -1.85. The first-order valence-electron chi connectivity index (χ1n) is 8.93. The maximum absolute atomic E-state index is 13.2. The number of thiocarbonyl (C=S) groups is 1. The van der Waals surface area contributed by atoms with Gasteiger partial charge >= 0.3 is 5.91 Å². The number of β-lactam (4-membered cyclic amide) rings is 1. The van der Waals surface area contributed by atoms with E-state index in [2.05, 4.69) is 39.2 Å². The summed E-state index contributed by atoms with van der Waals surface area (Å²) in [6.07, 6.45) is 0.438. The summed E-state index contributed by atoms with van der Waals surface area (Å²) in [6, 6.07) is -0.0512. The molecule has 142 valence electrons. The number of thioether (sulfide) groups is 1. The molecule has 0 saturated carbocycles. The molecule has 0 radical (unpaired) electrons. The van der Waals surface area contributed by atoms with Crippen LogP contribution in [-0.2, 0) is 14.0 Å². The molecule has 2 heterocycles. The lowest BCUT2D eigenvalue weighted by Crippen LogP contribution is -2.63. The topological polar surface area (TPSA) is 55.4 Å². The van der Waals surface area contributed by atoms with E-state index < -0.39 is 8.32 Å². The standard InChI is InChI=1S/C17H30N2O3S2Si/c1-12(13-11-14(20)18-13)15(21)19(8-10-24-16(19)23)7-9-22-25(5,6)17(2,3)4/h12-13H,7-11H2,1-6H3/p+1/t12-,13-,19+/m1/s1. The number of rotatable bonds is 6. The van der Waals surface area contributed by atoms with Crippen molar-refractivity contribution in [2.75, 3.05) is 25.4 Å². The van der Waals surface area contributed by atoms with Gasteiger partial charge in [0.05, 0.1) is 24.3 Å². The molecular formula is C17H31N2O3S2Si+. The average molecular weight is 404 g/mol. The van der Waals surface area contributed by atoms with E-state index in [1.165, 1.54) is 0 Å². The largest absolute Gasteiger partial charge is 0.411 e. The van der Waals surface area contributed by atoms with Gasteiger partial charge in [-0.3, -0.25) is 4.79 Å². The predicted octanol–water partition coefficient (Wildman–Crippen LogP) is 2.91. The summed E-state index contributed by atoms with van der Waals surface area (Å²) >= 11 is 7.18. The van der Waals surface area contributed by atoms with E-state index in [9.17, 15) is 9.59 Å². The lowest BCUT2D eigenvalue weighted by atomic mass is 9.91. The molecule has 0 aliphatic carbocycles. The van der Waals surface area contributed by atoms with E-state index in [1.807, 2.05) is 6.92 Å². The van der Waals surface area contributed by atoms with Gasteiger partial charge in [-0.15, -0.1) is 0 Å². The Balaban J connectivity index is 2.07. The van der Waals surface area contributed by atoms with E-state index in [1.54, 1.807) is 11.8 Å². The molecule has 0 aromatic rings. The molecule has 0 aromatic heterocycles. The predicted molar refractivity (Wildman–Crippen MR) is 109 cm³/mol. The Labute approximate surface area is 162 Å². The zero-order chi connectivity index (χ0) is 19.0. The molecule has 2 amide bonds. The number of quaternary nitrogens is 1. The SMILES string of the molecule is C[C@@H](C(=O)[N@+]1(CCO[Si](C)(C)C(C)(C)C)CCSC1=S)[C@H]1CC(=O)N1. The minimum atomic E-state index is -1.85. The van der Waals surface area contributed by atoms with Crippen molar-refractivity contribution in [1.29, 1.82) is 0 Å². The van der Waals surface area contributed by atoms with Gasteiger partial charge < -0.3 is 9.74 Å². The van der Waals surface area contributed by atoms with Crippen LogP contribution in [-0.4, -0.2) is 60.4 Å². The number of amides is 2. The van der Waals surface area contributed by atoms with Crippen molar-refractivity contribution in [3.8, 4) is 0 Å². The van der Waals surface area contributed by atoms with Gasteiger partial charge in [-0.2, -0.15) is 0 Å². The van der Waals surface area contributed by atoms with Gasteiger partial charge in [-0.25, -0.2) is 9.28 Å². The van der Waals surface area contributed by atoms with Crippen LogP contribution in [0.3, 0.4) is 0 Å². The van der Waals surface area contributed by atoms with Crippen LogP contribution in [0.2, 0.25) is 18.1 Å². The fourth-order valence-electron chi connectivity index (χ4n) is 2.94. The Morgan fingerprint density at radius 2 is 2.08 bits per heavy atom. The van der Waals surface area contributed by atoms with Crippen LogP contribution in [0.4, 0.5) is 0 Å². The number of carbonyl (C=O) groups excluding carboxylic acids is 2. The van der Waals surface area contributed by atoms with Gasteiger partial charge in [-0.1, -0.05) is 20.8 Å². The fourth-order valence-corrected chi connectivity index (χ4v) is 5.59. The summed E-state index contributed by atoms with van der Waals surface area (Å²) in [5.41, 5.74) is 0. The average Bonchev–Trinajstić information content (AvgIpc) is 2.83. The van der Waals surface area contributed by atoms with Crippen LogP contribution in [0.5, 0.6) is 0 Å². The number of hydrogen-bond donors (Lipinski definition) is 1. The second-order valence-electron chi connectivity index (χ2n) is 8.64. The minimum absolute atomic E-state index is 0.0239. The highest BCUT2D eigenvalue weighted by atomic mass is 32.2. The Morgan fingerprint density at radius 1 is 1.48 bits per heavy atom. The first kappa shape index (κ1) is 21.0. The Morgan fingerprint density at radius 3 is 2.52 bits per heavy atom. The van der Waals surface area contributed by atoms with E-state index in [-0.39, 0.29) is 33.3 Å². The number of hydrogen-bond acceptors (Lipinski definition) is 5. The van der Waals surface area contributed by atoms with Gasteiger partial charge in [0.15, 0.2) is 8.32 Å². The van der Waals surface area contributed by atoms with Crippen molar-refractivity contribution in [2.24, 2.45) is 5.92 Å². The van der Waals surface area contributed by atoms with Crippen molar-refractivity contribution in [1.82, 2.24) is 5.32 Å². The van der Waals surface area contributed by atoms with Crippen LogP contribution >= 0.6 is 24.0 Å². The summed E-state index contributed by atoms with van der Waals surface area (Å²) in [6.45, 7) is 14.9. The smallest absolute Gasteiger partial charge is 0.324 e. The third kappa shape index (κ3) is 4.18.